The predicted molar refractivity (Wildman–Crippen MR) is 96.4 cm³/mol. The average molecular weight is 408 g/mol. The maximum absolute atomic E-state index is 13.1. The SMILES string of the molecule is Cc1ccc(I)cc1Cc1ccsc1-c1ccc(F)cc1. The Morgan fingerprint density at radius 1 is 1.00 bits per heavy atom. The van der Waals surface area contributed by atoms with Crippen LogP contribution in [0.5, 0.6) is 0 Å². The molecule has 0 saturated heterocycles. The van der Waals surface area contributed by atoms with Gasteiger partial charge in [0.25, 0.3) is 0 Å². The Kier molecular flexibility index (Phi) is 4.40. The van der Waals surface area contributed by atoms with Gasteiger partial charge < -0.3 is 0 Å². The van der Waals surface area contributed by atoms with E-state index in [4.69, 9.17) is 0 Å². The molecule has 0 unspecified atom stereocenters. The number of thiophene rings is 1. The lowest BCUT2D eigenvalue weighted by molar-refractivity contribution is 0.628. The minimum absolute atomic E-state index is 0.190. The van der Waals surface area contributed by atoms with Crippen molar-refractivity contribution in [2.75, 3.05) is 0 Å². The molecule has 0 aliphatic carbocycles. The van der Waals surface area contributed by atoms with Gasteiger partial charge in [0.05, 0.1) is 0 Å². The summed E-state index contributed by atoms with van der Waals surface area (Å²) in [5, 5.41) is 2.11. The van der Waals surface area contributed by atoms with Gasteiger partial charge in [-0.15, -0.1) is 11.3 Å². The summed E-state index contributed by atoms with van der Waals surface area (Å²) in [5.74, 6) is -0.190. The van der Waals surface area contributed by atoms with Crippen LogP contribution in [0.15, 0.2) is 53.9 Å². The molecule has 21 heavy (non-hydrogen) atoms. The van der Waals surface area contributed by atoms with Crippen LogP contribution < -0.4 is 0 Å². The summed E-state index contributed by atoms with van der Waals surface area (Å²) in [7, 11) is 0. The van der Waals surface area contributed by atoms with E-state index in [2.05, 4.69) is 59.2 Å². The van der Waals surface area contributed by atoms with Crippen molar-refractivity contribution in [1.82, 2.24) is 0 Å². The van der Waals surface area contributed by atoms with E-state index in [-0.39, 0.29) is 5.82 Å². The summed E-state index contributed by atoms with van der Waals surface area (Å²) in [6.07, 6.45) is 0.916. The predicted octanol–water partition coefficient (Wildman–Crippen LogP) is 6.06. The van der Waals surface area contributed by atoms with Crippen LogP contribution >= 0.6 is 33.9 Å². The highest BCUT2D eigenvalue weighted by molar-refractivity contribution is 14.1. The highest BCUT2D eigenvalue weighted by Crippen LogP contribution is 2.32. The fourth-order valence-electron chi connectivity index (χ4n) is 2.37. The standard InChI is InChI=1S/C18H14FIS/c1-12-2-7-17(20)11-15(12)10-14-8-9-21-18(14)13-3-5-16(19)6-4-13/h2-9,11H,10H2,1H3. The topological polar surface area (TPSA) is 0 Å². The van der Waals surface area contributed by atoms with Crippen molar-refractivity contribution in [2.45, 2.75) is 13.3 Å². The smallest absolute Gasteiger partial charge is 0.123 e. The number of hydrogen-bond donors (Lipinski definition) is 0. The molecule has 0 aliphatic rings. The summed E-state index contributed by atoms with van der Waals surface area (Å²) in [6, 6.07) is 15.5. The van der Waals surface area contributed by atoms with Gasteiger partial charge in [-0.05, 0) is 93.9 Å². The molecule has 1 heterocycles. The zero-order valence-electron chi connectivity index (χ0n) is 11.6. The molecule has 0 radical (unpaired) electrons. The van der Waals surface area contributed by atoms with E-state index in [1.54, 1.807) is 11.3 Å². The van der Waals surface area contributed by atoms with Gasteiger partial charge in [0.15, 0.2) is 0 Å². The molecule has 0 amide bonds. The average Bonchev–Trinajstić information content (AvgIpc) is 2.92. The Morgan fingerprint density at radius 2 is 1.76 bits per heavy atom. The number of aryl methyl sites for hydroxylation is 1. The minimum Gasteiger partial charge on any atom is -0.207 e. The summed E-state index contributed by atoms with van der Waals surface area (Å²) in [5.41, 5.74) is 5.05. The van der Waals surface area contributed by atoms with E-state index >= 15 is 0 Å². The summed E-state index contributed by atoms with van der Waals surface area (Å²) in [6.45, 7) is 2.15. The van der Waals surface area contributed by atoms with Crippen LogP contribution in [-0.2, 0) is 6.42 Å². The third-order valence-corrected chi connectivity index (χ3v) is 5.22. The number of benzene rings is 2. The molecule has 106 valence electrons. The van der Waals surface area contributed by atoms with Crippen molar-refractivity contribution in [2.24, 2.45) is 0 Å². The molecule has 0 nitrogen and oxygen atoms in total. The molecular formula is C18H14FIS. The molecule has 3 heteroatoms. The van der Waals surface area contributed by atoms with Crippen molar-refractivity contribution < 1.29 is 4.39 Å². The van der Waals surface area contributed by atoms with Gasteiger partial charge in [0.2, 0.25) is 0 Å². The lowest BCUT2D eigenvalue weighted by atomic mass is 9.99. The molecule has 3 aromatic rings. The molecule has 1 aromatic heterocycles. The Bertz CT molecular complexity index is 759. The van der Waals surface area contributed by atoms with Gasteiger partial charge in [-0.1, -0.05) is 18.2 Å². The molecule has 0 saturated carbocycles. The zero-order chi connectivity index (χ0) is 14.8. The van der Waals surface area contributed by atoms with E-state index in [1.807, 2.05) is 12.1 Å². The second-order valence-corrected chi connectivity index (χ2v) is 7.19. The van der Waals surface area contributed by atoms with Crippen LogP contribution in [0.4, 0.5) is 4.39 Å². The van der Waals surface area contributed by atoms with Crippen molar-refractivity contribution in [3.05, 3.63) is 80.0 Å². The van der Waals surface area contributed by atoms with Crippen LogP contribution in [0.1, 0.15) is 16.7 Å². The maximum Gasteiger partial charge on any atom is 0.123 e. The van der Waals surface area contributed by atoms with E-state index in [0.29, 0.717) is 0 Å². The lowest BCUT2D eigenvalue weighted by Gasteiger charge is -2.08. The lowest BCUT2D eigenvalue weighted by Crippen LogP contribution is -1.93. The van der Waals surface area contributed by atoms with Crippen molar-refractivity contribution in [3.63, 3.8) is 0 Å². The van der Waals surface area contributed by atoms with E-state index in [9.17, 15) is 4.39 Å². The van der Waals surface area contributed by atoms with Crippen molar-refractivity contribution >= 4 is 33.9 Å². The van der Waals surface area contributed by atoms with Crippen LogP contribution in [0.2, 0.25) is 0 Å². The van der Waals surface area contributed by atoms with Gasteiger partial charge in [-0.25, -0.2) is 4.39 Å². The normalized spacial score (nSPS) is 10.8. The van der Waals surface area contributed by atoms with Crippen molar-refractivity contribution in [3.8, 4) is 10.4 Å². The number of rotatable bonds is 3. The first-order valence-electron chi connectivity index (χ1n) is 6.71. The fourth-order valence-corrected chi connectivity index (χ4v) is 3.85. The molecule has 2 aromatic carbocycles. The molecule has 0 atom stereocenters. The molecule has 3 rings (SSSR count). The number of hydrogen-bond acceptors (Lipinski definition) is 1. The fraction of sp³-hybridized carbons (Fsp3) is 0.111. The largest absolute Gasteiger partial charge is 0.207 e. The van der Waals surface area contributed by atoms with E-state index < -0.39 is 0 Å². The first-order valence-corrected chi connectivity index (χ1v) is 8.66. The van der Waals surface area contributed by atoms with Crippen LogP contribution in [-0.4, -0.2) is 0 Å². The molecule has 0 N–H and O–H groups in total. The first-order chi connectivity index (χ1) is 10.1. The van der Waals surface area contributed by atoms with Crippen molar-refractivity contribution in [1.29, 1.82) is 0 Å². The molecule has 0 aliphatic heterocycles. The summed E-state index contributed by atoms with van der Waals surface area (Å²) < 4.78 is 14.3. The Morgan fingerprint density at radius 3 is 2.52 bits per heavy atom. The zero-order valence-corrected chi connectivity index (χ0v) is 14.5. The van der Waals surface area contributed by atoms with Crippen LogP contribution in [0.3, 0.4) is 0 Å². The second kappa shape index (κ2) is 6.28. The Balaban J connectivity index is 1.96. The number of halogens is 2. The van der Waals surface area contributed by atoms with Gasteiger partial charge in [0.1, 0.15) is 5.82 Å². The van der Waals surface area contributed by atoms with Gasteiger partial charge in [0, 0.05) is 8.45 Å². The molecular weight excluding hydrogens is 394 g/mol. The molecule has 0 bridgehead atoms. The second-order valence-electron chi connectivity index (χ2n) is 5.03. The summed E-state index contributed by atoms with van der Waals surface area (Å²) in [4.78, 5) is 1.23. The van der Waals surface area contributed by atoms with Crippen LogP contribution in [0.25, 0.3) is 10.4 Å². The monoisotopic (exact) mass is 408 g/mol. The quantitative estimate of drug-likeness (QED) is 0.463. The first kappa shape index (κ1) is 14.7. The molecule has 0 spiro atoms. The third kappa shape index (κ3) is 3.35. The highest BCUT2D eigenvalue weighted by Gasteiger charge is 2.09. The third-order valence-electron chi connectivity index (χ3n) is 3.55. The van der Waals surface area contributed by atoms with Crippen LogP contribution in [0, 0.1) is 16.3 Å². The van der Waals surface area contributed by atoms with E-state index in [1.165, 1.54) is 37.3 Å². The molecule has 0 fully saturated rings. The van der Waals surface area contributed by atoms with Gasteiger partial charge >= 0.3 is 0 Å². The van der Waals surface area contributed by atoms with Gasteiger partial charge in [-0.2, -0.15) is 0 Å². The minimum atomic E-state index is -0.190. The maximum atomic E-state index is 13.1. The Labute approximate surface area is 141 Å². The Hall–Kier alpha value is -1.20. The summed E-state index contributed by atoms with van der Waals surface area (Å²) >= 11 is 4.06. The highest BCUT2D eigenvalue weighted by atomic mass is 127. The van der Waals surface area contributed by atoms with E-state index in [0.717, 1.165) is 12.0 Å². The van der Waals surface area contributed by atoms with Gasteiger partial charge in [-0.3, -0.25) is 0 Å².